The first-order chi connectivity index (χ1) is 14.1. The van der Waals surface area contributed by atoms with Gasteiger partial charge >= 0.3 is 0 Å². The monoisotopic (exact) mass is 404 g/mol. The molecule has 0 aliphatic carbocycles. The number of hydrogen-bond donors (Lipinski definition) is 2. The second-order valence-electron chi connectivity index (χ2n) is 6.90. The van der Waals surface area contributed by atoms with Crippen LogP contribution in [-0.2, 0) is 6.54 Å². The minimum Gasteiger partial charge on any atom is -0.383 e. The summed E-state index contributed by atoms with van der Waals surface area (Å²) >= 11 is 6.36. The summed E-state index contributed by atoms with van der Waals surface area (Å²) in [5.74, 6) is 0.498. The van der Waals surface area contributed by atoms with Gasteiger partial charge < -0.3 is 11.1 Å². The Morgan fingerprint density at radius 3 is 2.66 bits per heavy atom. The summed E-state index contributed by atoms with van der Waals surface area (Å²) in [7, 11) is 0. The van der Waals surface area contributed by atoms with Crippen molar-refractivity contribution in [2.75, 3.05) is 5.73 Å². The lowest BCUT2D eigenvalue weighted by atomic mass is 10.1. The molecule has 146 valence electrons. The van der Waals surface area contributed by atoms with Gasteiger partial charge in [-0.25, -0.2) is 4.98 Å². The zero-order valence-electron chi connectivity index (χ0n) is 16.0. The average molecular weight is 405 g/mol. The number of rotatable bonds is 5. The van der Waals surface area contributed by atoms with Crippen molar-refractivity contribution in [2.45, 2.75) is 19.5 Å². The predicted molar refractivity (Wildman–Crippen MR) is 118 cm³/mol. The first kappa shape index (κ1) is 19.2. The summed E-state index contributed by atoms with van der Waals surface area (Å²) in [4.78, 5) is 17.6. The fourth-order valence-electron chi connectivity index (χ4n) is 3.47. The molecular formula is C23H21ClN4O. The van der Waals surface area contributed by atoms with E-state index in [1.54, 1.807) is 16.8 Å². The normalized spacial score (nSPS) is 12.2. The average Bonchev–Trinajstić information content (AvgIpc) is 2.73. The molecule has 0 saturated carbocycles. The van der Waals surface area contributed by atoms with Crippen LogP contribution < -0.4 is 16.6 Å². The molecule has 6 heteroatoms. The number of aromatic nitrogens is 2. The van der Waals surface area contributed by atoms with E-state index in [0.717, 1.165) is 22.3 Å². The summed E-state index contributed by atoms with van der Waals surface area (Å²) < 4.78 is 1.72. The Kier molecular flexibility index (Phi) is 5.34. The molecule has 0 fully saturated rings. The molecule has 3 N–H and O–H groups in total. The number of nitrogen functional groups attached to an aromatic ring is 1. The van der Waals surface area contributed by atoms with Crippen LogP contribution in [0.1, 0.15) is 24.2 Å². The standard InChI is InChI=1S/C23H21ClN4O/c1-15(27-14-17-8-6-12-26-22(17)25)20-13-16-7-5-11-19(24)21(16)23(29)28(20)18-9-3-2-4-10-18/h2-13,15,27H,14H2,1H3,(H2,25,26)/t15-/m0/s1. The second-order valence-corrected chi connectivity index (χ2v) is 7.31. The number of hydrogen-bond acceptors (Lipinski definition) is 4. The van der Waals surface area contributed by atoms with Crippen molar-refractivity contribution in [3.63, 3.8) is 0 Å². The van der Waals surface area contributed by atoms with E-state index in [-0.39, 0.29) is 11.6 Å². The van der Waals surface area contributed by atoms with E-state index in [9.17, 15) is 4.79 Å². The van der Waals surface area contributed by atoms with Crippen LogP contribution in [0.2, 0.25) is 5.02 Å². The summed E-state index contributed by atoms with van der Waals surface area (Å²) in [6, 6.07) is 20.8. The summed E-state index contributed by atoms with van der Waals surface area (Å²) in [5, 5.41) is 5.25. The van der Waals surface area contributed by atoms with Gasteiger partial charge in [-0.1, -0.05) is 48.0 Å². The SMILES string of the molecule is C[C@H](NCc1cccnc1N)c1cc2cccc(Cl)c2c(=O)n1-c1ccccc1. The fourth-order valence-corrected chi connectivity index (χ4v) is 3.73. The Bertz CT molecular complexity index is 1220. The molecule has 2 heterocycles. The highest BCUT2D eigenvalue weighted by Crippen LogP contribution is 2.25. The van der Waals surface area contributed by atoms with E-state index in [1.165, 1.54) is 0 Å². The van der Waals surface area contributed by atoms with Gasteiger partial charge in [0.2, 0.25) is 0 Å². The molecule has 29 heavy (non-hydrogen) atoms. The van der Waals surface area contributed by atoms with Crippen LogP contribution in [0.25, 0.3) is 16.5 Å². The molecule has 0 saturated heterocycles. The summed E-state index contributed by atoms with van der Waals surface area (Å²) in [6.07, 6.45) is 1.67. The van der Waals surface area contributed by atoms with Crippen molar-refractivity contribution >= 4 is 28.2 Å². The van der Waals surface area contributed by atoms with Crippen molar-refractivity contribution in [1.29, 1.82) is 0 Å². The largest absolute Gasteiger partial charge is 0.383 e. The van der Waals surface area contributed by atoms with Gasteiger partial charge in [-0.15, -0.1) is 0 Å². The van der Waals surface area contributed by atoms with E-state index < -0.39 is 0 Å². The van der Waals surface area contributed by atoms with Gasteiger partial charge in [0, 0.05) is 35.7 Å². The lowest BCUT2D eigenvalue weighted by Crippen LogP contribution is -2.28. The molecular weight excluding hydrogens is 384 g/mol. The van der Waals surface area contributed by atoms with Gasteiger partial charge in [-0.2, -0.15) is 0 Å². The Balaban J connectivity index is 1.82. The van der Waals surface area contributed by atoms with E-state index in [2.05, 4.69) is 10.3 Å². The molecule has 1 atom stereocenters. The number of para-hydroxylation sites is 1. The molecule has 2 aromatic heterocycles. The highest BCUT2D eigenvalue weighted by molar-refractivity contribution is 6.35. The molecule has 0 aliphatic heterocycles. The van der Waals surface area contributed by atoms with Crippen LogP contribution in [0, 0.1) is 0 Å². The molecule has 4 rings (SSSR count). The van der Waals surface area contributed by atoms with Crippen LogP contribution >= 0.6 is 11.6 Å². The van der Waals surface area contributed by atoms with Crippen LogP contribution in [-0.4, -0.2) is 9.55 Å². The Morgan fingerprint density at radius 2 is 1.90 bits per heavy atom. The van der Waals surface area contributed by atoms with Crippen molar-refractivity contribution in [3.05, 3.63) is 99.6 Å². The molecule has 4 aromatic rings. The van der Waals surface area contributed by atoms with Crippen LogP contribution in [0.4, 0.5) is 5.82 Å². The number of halogens is 1. The molecule has 0 bridgehead atoms. The Morgan fingerprint density at radius 1 is 1.10 bits per heavy atom. The lowest BCUT2D eigenvalue weighted by molar-refractivity contribution is 0.549. The number of anilines is 1. The van der Waals surface area contributed by atoms with E-state index >= 15 is 0 Å². The zero-order chi connectivity index (χ0) is 20.4. The zero-order valence-corrected chi connectivity index (χ0v) is 16.7. The second kappa shape index (κ2) is 8.07. The molecule has 0 spiro atoms. The summed E-state index contributed by atoms with van der Waals surface area (Å²) in [5.41, 5.74) is 8.38. The van der Waals surface area contributed by atoms with Crippen molar-refractivity contribution in [1.82, 2.24) is 14.9 Å². The third kappa shape index (κ3) is 3.75. The van der Waals surface area contributed by atoms with Crippen LogP contribution in [0.15, 0.2) is 77.7 Å². The molecule has 0 unspecified atom stereocenters. The van der Waals surface area contributed by atoms with Crippen molar-refractivity contribution in [3.8, 4) is 5.69 Å². The quantitative estimate of drug-likeness (QED) is 0.514. The van der Waals surface area contributed by atoms with E-state index in [1.807, 2.05) is 67.6 Å². The summed E-state index contributed by atoms with van der Waals surface area (Å²) in [6.45, 7) is 2.56. The highest BCUT2D eigenvalue weighted by Gasteiger charge is 2.17. The van der Waals surface area contributed by atoms with E-state index in [0.29, 0.717) is 22.8 Å². The molecule has 2 aromatic carbocycles. The third-order valence-electron chi connectivity index (χ3n) is 5.01. The first-order valence-corrected chi connectivity index (χ1v) is 9.76. The van der Waals surface area contributed by atoms with E-state index in [4.69, 9.17) is 17.3 Å². The number of nitrogens with one attached hydrogen (secondary N) is 1. The lowest BCUT2D eigenvalue weighted by Gasteiger charge is -2.21. The maximum Gasteiger partial charge on any atom is 0.264 e. The van der Waals surface area contributed by atoms with Gasteiger partial charge in [0.15, 0.2) is 0 Å². The molecule has 0 aliphatic rings. The maximum atomic E-state index is 13.4. The smallest absolute Gasteiger partial charge is 0.264 e. The van der Waals surface area contributed by atoms with Crippen LogP contribution in [0.5, 0.6) is 0 Å². The number of pyridine rings is 2. The Hall–Kier alpha value is -3.15. The minimum absolute atomic E-state index is 0.120. The predicted octanol–water partition coefficient (Wildman–Crippen LogP) is 4.47. The van der Waals surface area contributed by atoms with Gasteiger partial charge in [-0.05, 0) is 42.6 Å². The highest BCUT2D eigenvalue weighted by atomic mass is 35.5. The Labute approximate surface area is 173 Å². The van der Waals surface area contributed by atoms with Gasteiger partial charge in [0.1, 0.15) is 5.82 Å². The first-order valence-electron chi connectivity index (χ1n) is 9.38. The molecule has 5 nitrogen and oxygen atoms in total. The van der Waals surface area contributed by atoms with Gasteiger partial charge in [0.25, 0.3) is 5.56 Å². The van der Waals surface area contributed by atoms with Gasteiger partial charge in [-0.3, -0.25) is 9.36 Å². The number of nitrogens with two attached hydrogens (primary N) is 1. The third-order valence-corrected chi connectivity index (χ3v) is 5.32. The molecule has 0 radical (unpaired) electrons. The van der Waals surface area contributed by atoms with Crippen molar-refractivity contribution in [2.24, 2.45) is 0 Å². The molecule has 0 amide bonds. The number of benzene rings is 2. The van der Waals surface area contributed by atoms with Crippen molar-refractivity contribution < 1.29 is 0 Å². The minimum atomic E-state index is -0.135. The fraction of sp³-hybridized carbons (Fsp3) is 0.130. The number of nitrogens with zero attached hydrogens (tertiary/aromatic N) is 2. The van der Waals surface area contributed by atoms with Gasteiger partial charge in [0.05, 0.1) is 10.4 Å². The topological polar surface area (TPSA) is 72.9 Å². The maximum absolute atomic E-state index is 13.4. The number of fused-ring (bicyclic) bond motifs is 1. The van der Waals surface area contributed by atoms with Crippen LogP contribution in [0.3, 0.4) is 0 Å².